The predicted molar refractivity (Wildman–Crippen MR) is 62.5 cm³/mol. The van der Waals surface area contributed by atoms with Crippen LogP contribution in [0.25, 0.3) is 0 Å². The van der Waals surface area contributed by atoms with Crippen molar-refractivity contribution >= 4 is 23.5 Å². The van der Waals surface area contributed by atoms with Gasteiger partial charge in [-0.1, -0.05) is 11.6 Å². The van der Waals surface area contributed by atoms with Crippen LogP contribution in [0.5, 0.6) is 0 Å². The van der Waals surface area contributed by atoms with Crippen molar-refractivity contribution in [2.75, 3.05) is 13.2 Å². The van der Waals surface area contributed by atoms with E-state index in [1.54, 1.807) is 0 Å². The molecule has 1 aromatic rings. The van der Waals surface area contributed by atoms with Crippen molar-refractivity contribution in [2.45, 2.75) is 12.0 Å². The van der Waals surface area contributed by atoms with Gasteiger partial charge in [0.2, 0.25) is 0 Å². The zero-order valence-corrected chi connectivity index (χ0v) is 10.1. The molecule has 96 valence electrons. The normalized spacial score (nSPS) is 22.7. The van der Waals surface area contributed by atoms with Crippen molar-refractivity contribution in [1.29, 1.82) is 0 Å². The van der Waals surface area contributed by atoms with E-state index in [1.807, 2.05) is 0 Å². The fourth-order valence-corrected chi connectivity index (χ4v) is 1.80. The molecule has 1 unspecified atom stereocenters. The van der Waals surface area contributed by atoms with Crippen LogP contribution in [0.2, 0.25) is 5.15 Å². The standard InChI is InChI=1S/C11H11ClN2O4/c12-8-2-1-7(5-13-8)9(15)14-11(10(16)17)3-4-18-6-11/h1-2,5H,3-4,6H2,(H,14,15)(H,16,17). The molecule has 0 bridgehead atoms. The molecule has 1 fully saturated rings. The van der Waals surface area contributed by atoms with Crippen LogP contribution in [-0.4, -0.2) is 40.7 Å². The molecule has 0 aliphatic carbocycles. The summed E-state index contributed by atoms with van der Waals surface area (Å²) in [6.07, 6.45) is 1.54. The van der Waals surface area contributed by atoms with Crippen molar-refractivity contribution in [3.63, 3.8) is 0 Å². The second-order valence-electron chi connectivity index (χ2n) is 4.01. The smallest absolute Gasteiger partial charge is 0.331 e. The van der Waals surface area contributed by atoms with Gasteiger partial charge in [-0.05, 0) is 12.1 Å². The maximum Gasteiger partial charge on any atom is 0.331 e. The molecule has 0 aromatic carbocycles. The Morgan fingerprint density at radius 2 is 2.28 bits per heavy atom. The number of amides is 1. The summed E-state index contributed by atoms with van der Waals surface area (Å²) < 4.78 is 5.05. The van der Waals surface area contributed by atoms with Crippen LogP contribution < -0.4 is 5.32 Å². The fourth-order valence-electron chi connectivity index (χ4n) is 1.69. The van der Waals surface area contributed by atoms with E-state index in [9.17, 15) is 14.7 Å². The molecule has 0 saturated carbocycles. The summed E-state index contributed by atoms with van der Waals surface area (Å²) in [5, 5.41) is 11.9. The van der Waals surface area contributed by atoms with Gasteiger partial charge in [-0.3, -0.25) is 4.79 Å². The molecule has 6 nitrogen and oxygen atoms in total. The van der Waals surface area contributed by atoms with E-state index in [1.165, 1.54) is 18.3 Å². The van der Waals surface area contributed by atoms with Crippen LogP contribution in [0.1, 0.15) is 16.8 Å². The first-order chi connectivity index (χ1) is 8.53. The number of aromatic nitrogens is 1. The molecule has 1 aliphatic rings. The minimum atomic E-state index is -1.35. The number of hydrogen-bond donors (Lipinski definition) is 2. The van der Waals surface area contributed by atoms with Gasteiger partial charge in [-0.25, -0.2) is 9.78 Å². The van der Waals surface area contributed by atoms with Crippen molar-refractivity contribution in [3.05, 3.63) is 29.0 Å². The van der Waals surface area contributed by atoms with E-state index >= 15 is 0 Å². The Morgan fingerprint density at radius 3 is 2.78 bits per heavy atom. The summed E-state index contributed by atoms with van der Waals surface area (Å²) in [6.45, 7) is 0.278. The van der Waals surface area contributed by atoms with E-state index in [-0.39, 0.29) is 23.7 Å². The van der Waals surface area contributed by atoms with E-state index in [0.29, 0.717) is 6.61 Å². The number of carboxylic acids is 1. The summed E-state index contributed by atoms with van der Waals surface area (Å²) in [5.74, 6) is -1.61. The molecule has 2 rings (SSSR count). The lowest BCUT2D eigenvalue weighted by Crippen LogP contribution is -2.55. The van der Waals surface area contributed by atoms with E-state index in [2.05, 4.69) is 10.3 Å². The molecule has 0 spiro atoms. The number of carbonyl (C=O) groups excluding carboxylic acids is 1. The largest absolute Gasteiger partial charge is 0.479 e. The predicted octanol–water partition coefficient (Wildman–Crippen LogP) is 0.708. The first kappa shape index (κ1) is 12.8. The molecule has 1 aromatic heterocycles. The Hall–Kier alpha value is -1.66. The highest BCUT2D eigenvalue weighted by molar-refractivity contribution is 6.29. The lowest BCUT2D eigenvalue weighted by Gasteiger charge is -2.23. The molecule has 2 N–H and O–H groups in total. The van der Waals surface area contributed by atoms with Crippen LogP contribution in [0, 0.1) is 0 Å². The summed E-state index contributed by atoms with van der Waals surface area (Å²) in [6, 6.07) is 2.95. The summed E-state index contributed by atoms with van der Waals surface area (Å²) >= 11 is 5.61. The molecule has 0 radical (unpaired) electrons. The molecule has 1 aliphatic heterocycles. The van der Waals surface area contributed by atoms with Gasteiger partial charge < -0.3 is 15.2 Å². The van der Waals surface area contributed by atoms with Gasteiger partial charge in [-0.15, -0.1) is 0 Å². The Kier molecular flexibility index (Phi) is 3.49. The highest BCUT2D eigenvalue weighted by atomic mass is 35.5. The molecular weight excluding hydrogens is 260 g/mol. The number of rotatable bonds is 3. The fraction of sp³-hybridized carbons (Fsp3) is 0.364. The van der Waals surface area contributed by atoms with E-state index < -0.39 is 17.4 Å². The van der Waals surface area contributed by atoms with Crippen molar-refractivity contribution in [2.24, 2.45) is 0 Å². The minimum Gasteiger partial charge on any atom is -0.479 e. The quantitative estimate of drug-likeness (QED) is 0.790. The number of carboxylic acid groups (broad SMARTS) is 1. The van der Waals surface area contributed by atoms with Gasteiger partial charge >= 0.3 is 5.97 Å². The number of nitrogens with one attached hydrogen (secondary N) is 1. The maximum absolute atomic E-state index is 11.9. The monoisotopic (exact) mass is 270 g/mol. The topological polar surface area (TPSA) is 88.5 Å². The Bertz CT molecular complexity index is 468. The number of aliphatic carboxylic acids is 1. The third-order valence-corrected chi connectivity index (χ3v) is 3.00. The highest BCUT2D eigenvalue weighted by Gasteiger charge is 2.44. The molecule has 18 heavy (non-hydrogen) atoms. The van der Waals surface area contributed by atoms with Gasteiger partial charge in [0.05, 0.1) is 12.2 Å². The number of nitrogens with zero attached hydrogens (tertiary/aromatic N) is 1. The molecule has 1 saturated heterocycles. The first-order valence-electron chi connectivity index (χ1n) is 5.29. The zero-order valence-electron chi connectivity index (χ0n) is 9.35. The average molecular weight is 271 g/mol. The molecule has 2 heterocycles. The summed E-state index contributed by atoms with van der Waals surface area (Å²) in [5.41, 5.74) is -1.09. The maximum atomic E-state index is 11.9. The lowest BCUT2D eigenvalue weighted by atomic mass is 9.98. The van der Waals surface area contributed by atoms with E-state index in [4.69, 9.17) is 16.3 Å². The third-order valence-electron chi connectivity index (χ3n) is 2.77. The summed E-state index contributed by atoms with van der Waals surface area (Å²) in [7, 11) is 0. The number of ether oxygens (including phenoxy) is 1. The molecule has 1 atom stereocenters. The Balaban J connectivity index is 2.15. The zero-order chi connectivity index (χ0) is 13.2. The van der Waals surface area contributed by atoms with Gasteiger partial charge in [0.15, 0.2) is 5.54 Å². The van der Waals surface area contributed by atoms with Crippen LogP contribution in [0.3, 0.4) is 0 Å². The molecule has 7 heteroatoms. The van der Waals surface area contributed by atoms with E-state index in [0.717, 1.165) is 0 Å². The van der Waals surface area contributed by atoms with Crippen LogP contribution in [0.15, 0.2) is 18.3 Å². The number of hydrogen-bond acceptors (Lipinski definition) is 4. The Morgan fingerprint density at radius 1 is 1.50 bits per heavy atom. The minimum absolute atomic E-state index is 0.0326. The summed E-state index contributed by atoms with van der Waals surface area (Å²) in [4.78, 5) is 26.9. The van der Waals surface area contributed by atoms with Gasteiger partial charge in [0.25, 0.3) is 5.91 Å². The molecular formula is C11H11ClN2O4. The Labute approximate surface area is 108 Å². The van der Waals surface area contributed by atoms with Crippen molar-refractivity contribution in [3.8, 4) is 0 Å². The molecule has 1 amide bonds. The third kappa shape index (κ3) is 2.44. The van der Waals surface area contributed by atoms with Gasteiger partial charge in [-0.2, -0.15) is 0 Å². The number of pyridine rings is 1. The first-order valence-corrected chi connectivity index (χ1v) is 5.66. The second kappa shape index (κ2) is 4.91. The van der Waals surface area contributed by atoms with Crippen LogP contribution in [-0.2, 0) is 9.53 Å². The van der Waals surface area contributed by atoms with Gasteiger partial charge in [0, 0.05) is 19.2 Å². The lowest BCUT2D eigenvalue weighted by molar-refractivity contribution is -0.144. The second-order valence-corrected chi connectivity index (χ2v) is 4.40. The highest BCUT2D eigenvalue weighted by Crippen LogP contribution is 2.19. The average Bonchev–Trinajstić information content (AvgIpc) is 2.79. The van der Waals surface area contributed by atoms with Crippen molar-refractivity contribution in [1.82, 2.24) is 10.3 Å². The van der Waals surface area contributed by atoms with Crippen LogP contribution >= 0.6 is 11.6 Å². The SMILES string of the molecule is O=C(NC1(C(=O)O)CCOC1)c1ccc(Cl)nc1. The number of carbonyl (C=O) groups is 2. The van der Waals surface area contributed by atoms with Gasteiger partial charge in [0.1, 0.15) is 5.15 Å². The van der Waals surface area contributed by atoms with Crippen molar-refractivity contribution < 1.29 is 19.4 Å². The van der Waals surface area contributed by atoms with Crippen LogP contribution in [0.4, 0.5) is 0 Å². The number of halogens is 1.